The molecular formula is C17H18F3N3O. The van der Waals surface area contributed by atoms with Crippen molar-refractivity contribution < 1.29 is 18.3 Å². The zero-order valence-corrected chi connectivity index (χ0v) is 12.9. The van der Waals surface area contributed by atoms with Gasteiger partial charge >= 0.3 is 6.18 Å². The van der Waals surface area contributed by atoms with E-state index in [9.17, 15) is 18.3 Å². The van der Waals surface area contributed by atoms with Gasteiger partial charge in [0.1, 0.15) is 5.69 Å². The third-order valence-corrected chi connectivity index (χ3v) is 4.25. The van der Waals surface area contributed by atoms with Crippen molar-refractivity contribution in [2.24, 2.45) is 0 Å². The average Bonchev–Trinajstić information content (AvgIpc) is 3.03. The molecule has 2 atom stereocenters. The minimum Gasteiger partial charge on any atom is -0.388 e. The molecule has 0 bridgehead atoms. The summed E-state index contributed by atoms with van der Waals surface area (Å²) < 4.78 is 38.5. The maximum Gasteiger partial charge on any atom is 0.433 e. The summed E-state index contributed by atoms with van der Waals surface area (Å²) in [6.45, 7) is 0.591. The largest absolute Gasteiger partial charge is 0.433 e. The minimum atomic E-state index is -4.49. The number of anilines is 1. The van der Waals surface area contributed by atoms with Crippen molar-refractivity contribution in [2.75, 3.05) is 11.4 Å². The Balaban J connectivity index is 1.76. The Bertz CT molecular complexity index is 678. The van der Waals surface area contributed by atoms with E-state index in [1.807, 2.05) is 30.3 Å². The number of alkyl halides is 3. The number of hydrogen-bond donors (Lipinski definition) is 1. The zero-order valence-electron chi connectivity index (χ0n) is 12.9. The number of nitrogens with zero attached hydrogens (tertiary/aromatic N) is 3. The van der Waals surface area contributed by atoms with Crippen LogP contribution in [0.3, 0.4) is 0 Å². The fourth-order valence-corrected chi connectivity index (χ4v) is 3.06. The van der Waals surface area contributed by atoms with Crippen LogP contribution in [-0.2, 0) is 6.18 Å². The van der Waals surface area contributed by atoms with Crippen LogP contribution in [0.2, 0.25) is 0 Å². The van der Waals surface area contributed by atoms with E-state index < -0.39 is 18.0 Å². The van der Waals surface area contributed by atoms with Gasteiger partial charge in [0.05, 0.1) is 6.10 Å². The van der Waals surface area contributed by atoms with Crippen LogP contribution in [0.5, 0.6) is 0 Å². The molecule has 1 fully saturated rings. The van der Waals surface area contributed by atoms with Gasteiger partial charge in [0.15, 0.2) is 0 Å². The lowest BCUT2D eigenvalue weighted by atomic mass is 10.0. The van der Waals surface area contributed by atoms with E-state index in [4.69, 9.17) is 0 Å². The highest BCUT2D eigenvalue weighted by Crippen LogP contribution is 2.32. The maximum atomic E-state index is 12.8. The molecule has 0 amide bonds. The van der Waals surface area contributed by atoms with Gasteiger partial charge in [0.25, 0.3) is 0 Å². The standard InChI is InChI=1S/C17H18F3N3O/c18-17(19,20)15-8-9-21-16(22-15)23-10-4-7-13(23)11-14(24)12-5-2-1-3-6-12/h1-3,5-6,8-9,13-14,24H,4,7,10-11H2/t13-,14+/m1/s1. The van der Waals surface area contributed by atoms with E-state index in [1.54, 1.807) is 4.90 Å². The van der Waals surface area contributed by atoms with Gasteiger partial charge in [0, 0.05) is 18.8 Å². The fraction of sp³-hybridized carbons (Fsp3) is 0.412. The molecule has 24 heavy (non-hydrogen) atoms. The first kappa shape index (κ1) is 16.7. The Morgan fingerprint density at radius 1 is 1.21 bits per heavy atom. The zero-order chi connectivity index (χ0) is 17.2. The Hall–Kier alpha value is -2.15. The van der Waals surface area contributed by atoms with Gasteiger partial charge < -0.3 is 10.0 Å². The first-order valence-corrected chi connectivity index (χ1v) is 7.85. The lowest BCUT2D eigenvalue weighted by Crippen LogP contribution is -2.32. The molecule has 0 aliphatic carbocycles. The van der Waals surface area contributed by atoms with Crippen molar-refractivity contribution in [1.29, 1.82) is 0 Å². The van der Waals surface area contributed by atoms with Crippen LogP contribution in [0, 0.1) is 0 Å². The highest BCUT2D eigenvalue weighted by molar-refractivity contribution is 5.34. The van der Waals surface area contributed by atoms with Crippen molar-refractivity contribution >= 4 is 5.95 Å². The molecule has 7 heteroatoms. The quantitative estimate of drug-likeness (QED) is 0.926. The Morgan fingerprint density at radius 3 is 2.67 bits per heavy atom. The summed E-state index contributed by atoms with van der Waals surface area (Å²) >= 11 is 0. The molecule has 1 saturated heterocycles. The third-order valence-electron chi connectivity index (χ3n) is 4.25. The molecule has 1 aliphatic rings. The molecule has 3 rings (SSSR count). The number of rotatable bonds is 4. The summed E-state index contributed by atoms with van der Waals surface area (Å²) in [6.07, 6.45) is -1.95. The van der Waals surface area contributed by atoms with Crippen molar-refractivity contribution in [2.45, 2.75) is 37.6 Å². The normalized spacial score (nSPS) is 19.5. The molecule has 1 aliphatic heterocycles. The number of hydrogen-bond acceptors (Lipinski definition) is 4. The SMILES string of the molecule is O[C@@H](C[C@H]1CCCN1c1nccc(C(F)(F)F)n1)c1ccccc1. The van der Waals surface area contributed by atoms with Gasteiger partial charge in [-0.1, -0.05) is 30.3 Å². The van der Waals surface area contributed by atoms with Gasteiger partial charge in [-0.2, -0.15) is 13.2 Å². The summed E-state index contributed by atoms with van der Waals surface area (Å²) in [4.78, 5) is 9.43. The monoisotopic (exact) mass is 337 g/mol. The van der Waals surface area contributed by atoms with Crippen molar-refractivity contribution in [3.63, 3.8) is 0 Å². The molecule has 2 heterocycles. The molecule has 0 saturated carbocycles. The molecule has 1 N–H and O–H groups in total. The van der Waals surface area contributed by atoms with E-state index in [0.717, 1.165) is 30.7 Å². The van der Waals surface area contributed by atoms with E-state index in [0.29, 0.717) is 13.0 Å². The molecule has 1 aromatic heterocycles. The number of benzene rings is 1. The summed E-state index contributed by atoms with van der Waals surface area (Å²) in [5, 5.41) is 10.4. The second-order valence-electron chi connectivity index (χ2n) is 5.89. The molecule has 2 aromatic rings. The third kappa shape index (κ3) is 3.67. The van der Waals surface area contributed by atoms with Gasteiger partial charge in [-0.25, -0.2) is 9.97 Å². The highest BCUT2D eigenvalue weighted by atomic mass is 19.4. The second kappa shape index (κ2) is 6.76. The van der Waals surface area contributed by atoms with E-state index in [1.165, 1.54) is 0 Å². The molecule has 0 radical (unpaired) electrons. The first-order valence-electron chi connectivity index (χ1n) is 7.85. The van der Waals surface area contributed by atoms with Crippen molar-refractivity contribution in [1.82, 2.24) is 9.97 Å². The molecule has 0 spiro atoms. The predicted octanol–water partition coefficient (Wildman–Crippen LogP) is 3.59. The predicted molar refractivity (Wildman–Crippen MR) is 83.4 cm³/mol. The lowest BCUT2D eigenvalue weighted by molar-refractivity contribution is -0.141. The Morgan fingerprint density at radius 2 is 1.96 bits per heavy atom. The number of halogens is 3. The number of aliphatic hydroxyl groups is 1. The van der Waals surface area contributed by atoms with E-state index >= 15 is 0 Å². The van der Waals surface area contributed by atoms with Gasteiger partial charge in [0.2, 0.25) is 5.95 Å². The topological polar surface area (TPSA) is 49.2 Å². The summed E-state index contributed by atoms with van der Waals surface area (Å²) in [5.74, 6) is 0.0765. The summed E-state index contributed by atoms with van der Waals surface area (Å²) in [7, 11) is 0. The van der Waals surface area contributed by atoms with Crippen LogP contribution < -0.4 is 4.90 Å². The van der Waals surface area contributed by atoms with Crippen LogP contribution in [-0.4, -0.2) is 27.7 Å². The number of aliphatic hydroxyl groups excluding tert-OH is 1. The Kier molecular flexibility index (Phi) is 4.71. The number of aromatic nitrogens is 2. The van der Waals surface area contributed by atoms with Crippen LogP contribution in [0.25, 0.3) is 0 Å². The van der Waals surface area contributed by atoms with Gasteiger partial charge in [-0.15, -0.1) is 0 Å². The van der Waals surface area contributed by atoms with Crippen molar-refractivity contribution in [3.8, 4) is 0 Å². The first-order chi connectivity index (χ1) is 11.4. The van der Waals surface area contributed by atoms with Gasteiger partial charge in [-0.3, -0.25) is 0 Å². The molecule has 1 aromatic carbocycles. The van der Waals surface area contributed by atoms with E-state index in [2.05, 4.69) is 9.97 Å². The maximum absolute atomic E-state index is 12.8. The average molecular weight is 337 g/mol. The van der Waals surface area contributed by atoms with Crippen molar-refractivity contribution in [3.05, 3.63) is 53.9 Å². The van der Waals surface area contributed by atoms with Crippen LogP contribution in [0.4, 0.5) is 19.1 Å². The van der Waals surface area contributed by atoms with Crippen LogP contribution in [0.1, 0.15) is 36.6 Å². The van der Waals surface area contributed by atoms with Crippen LogP contribution >= 0.6 is 0 Å². The van der Waals surface area contributed by atoms with E-state index in [-0.39, 0.29) is 12.0 Å². The highest BCUT2D eigenvalue weighted by Gasteiger charge is 2.35. The second-order valence-corrected chi connectivity index (χ2v) is 5.89. The smallest absolute Gasteiger partial charge is 0.388 e. The summed E-state index contributed by atoms with van der Waals surface area (Å²) in [6, 6.07) is 10.0. The fourth-order valence-electron chi connectivity index (χ4n) is 3.06. The molecule has 4 nitrogen and oxygen atoms in total. The molecular weight excluding hydrogens is 319 g/mol. The lowest BCUT2D eigenvalue weighted by Gasteiger charge is -2.27. The minimum absolute atomic E-state index is 0.0765. The molecule has 128 valence electrons. The molecule has 0 unspecified atom stereocenters. The summed E-state index contributed by atoms with van der Waals surface area (Å²) in [5.41, 5.74) is -0.143. The van der Waals surface area contributed by atoms with Gasteiger partial charge in [-0.05, 0) is 30.9 Å². The van der Waals surface area contributed by atoms with Crippen LogP contribution in [0.15, 0.2) is 42.6 Å². The Labute approximate surface area is 138 Å².